The molecule has 2 aliphatic heterocycles. The maximum absolute atomic E-state index is 15.0. The molecule has 0 N–H and O–H groups in total. The molecule has 0 radical (unpaired) electrons. The van der Waals surface area contributed by atoms with Crippen LogP contribution in [0.4, 0.5) is 13.2 Å². The molecular formula is C24H25F3O3. The number of fused-ring (bicyclic) bond motifs is 2. The topological polar surface area (TPSA) is 27.7 Å². The van der Waals surface area contributed by atoms with E-state index in [2.05, 4.69) is 6.58 Å². The molecule has 2 aromatic carbocycles. The summed E-state index contributed by atoms with van der Waals surface area (Å²) in [5.74, 6) is -2.73. The molecule has 0 amide bonds. The average molecular weight is 418 g/mol. The van der Waals surface area contributed by atoms with Gasteiger partial charge in [-0.05, 0) is 37.0 Å². The Balaban J connectivity index is 1.52. The lowest BCUT2D eigenvalue weighted by molar-refractivity contribution is -0.0280. The summed E-state index contributed by atoms with van der Waals surface area (Å²) in [7, 11) is 0. The van der Waals surface area contributed by atoms with Crippen LogP contribution in [0.3, 0.4) is 0 Å². The van der Waals surface area contributed by atoms with Crippen molar-refractivity contribution in [2.45, 2.75) is 45.1 Å². The molecule has 4 rings (SSSR count). The first-order valence-corrected chi connectivity index (χ1v) is 10.4. The highest BCUT2D eigenvalue weighted by atomic mass is 19.2. The van der Waals surface area contributed by atoms with Crippen molar-refractivity contribution in [3.63, 3.8) is 0 Å². The summed E-state index contributed by atoms with van der Waals surface area (Å²) in [6.45, 7) is 6.46. The summed E-state index contributed by atoms with van der Waals surface area (Å²) in [4.78, 5) is 0. The van der Waals surface area contributed by atoms with Gasteiger partial charge in [0.2, 0.25) is 11.6 Å². The summed E-state index contributed by atoms with van der Waals surface area (Å²) < 4.78 is 60.8. The zero-order chi connectivity index (χ0) is 21.3. The number of rotatable bonds is 6. The molecule has 2 aromatic rings. The highest BCUT2D eigenvalue weighted by Gasteiger charge is 2.29. The Morgan fingerprint density at radius 3 is 2.60 bits per heavy atom. The lowest BCUT2D eigenvalue weighted by atomic mass is 9.96. The van der Waals surface area contributed by atoms with Crippen molar-refractivity contribution in [1.29, 1.82) is 0 Å². The van der Waals surface area contributed by atoms with Crippen LogP contribution in [-0.4, -0.2) is 19.3 Å². The Bertz CT molecular complexity index is 949. The van der Waals surface area contributed by atoms with Crippen LogP contribution in [0, 0.1) is 23.4 Å². The van der Waals surface area contributed by atoms with Crippen molar-refractivity contribution >= 4 is 0 Å². The molecule has 1 saturated heterocycles. The largest absolute Gasteiger partial charge is 0.488 e. The number of hydrogen-bond donors (Lipinski definition) is 0. The number of benzene rings is 2. The van der Waals surface area contributed by atoms with Crippen LogP contribution in [0.1, 0.15) is 42.9 Å². The summed E-state index contributed by atoms with van der Waals surface area (Å²) in [6.07, 6.45) is 4.91. The first-order chi connectivity index (χ1) is 14.5. The van der Waals surface area contributed by atoms with Crippen molar-refractivity contribution in [2.24, 2.45) is 5.92 Å². The zero-order valence-electron chi connectivity index (χ0n) is 17.0. The van der Waals surface area contributed by atoms with Gasteiger partial charge >= 0.3 is 0 Å². The third kappa shape index (κ3) is 3.93. The molecule has 0 saturated carbocycles. The molecule has 2 heterocycles. The van der Waals surface area contributed by atoms with E-state index < -0.39 is 17.5 Å². The highest BCUT2D eigenvalue weighted by Crippen LogP contribution is 2.43. The summed E-state index contributed by atoms with van der Waals surface area (Å²) in [5.41, 5.74) is 1.40. The van der Waals surface area contributed by atoms with Gasteiger partial charge in [-0.1, -0.05) is 25.5 Å². The molecule has 1 fully saturated rings. The van der Waals surface area contributed by atoms with Crippen molar-refractivity contribution in [3.8, 4) is 17.2 Å². The number of aryl methyl sites for hydroxylation is 1. The molecule has 3 nitrogen and oxygen atoms in total. The zero-order valence-corrected chi connectivity index (χ0v) is 17.0. The van der Waals surface area contributed by atoms with Crippen LogP contribution in [0.2, 0.25) is 0 Å². The van der Waals surface area contributed by atoms with Crippen LogP contribution in [0.15, 0.2) is 30.9 Å². The fourth-order valence-electron chi connectivity index (χ4n) is 3.99. The van der Waals surface area contributed by atoms with Gasteiger partial charge in [0.15, 0.2) is 23.1 Å². The predicted octanol–water partition coefficient (Wildman–Crippen LogP) is 6.11. The third-order valence-electron chi connectivity index (χ3n) is 5.73. The van der Waals surface area contributed by atoms with E-state index in [1.165, 1.54) is 0 Å². The minimum Gasteiger partial charge on any atom is -0.488 e. The Morgan fingerprint density at radius 1 is 1.10 bits per heavy atom. The van der Waals surface area contributed by atoms with Crippen molar-refractivity contribution in [1.82, 2.24) is 0 Å². The Kier molecular flexibility index (Phi) is 6.04. The van der Waals surface area contributed by atoms with Gasteiger partial charge in [0.25, 0.3) is 0 Å². The van der Waals surface area contributed by atoms with E-state index in [0.717, 1.165) is 12.8 Å². The van der Waals surface area contributed by atoms with E-state index in [1.807, 2.05) is 13.0 Å². The van der Waals surface area contributed by atoms with Gasteiger partial charge in [-0.3, -0.25) is 0 Å². The lowest BCUT2D eigenvalue weighted by Gasteiger charge is -2.27. The minimum absolute atomic E-state index is 0.00938. The Hall–Kier alpha value is -2.47. The van der Waals surface area contributed by atoms with Crippen LogP contribution < -0.4 is 9.47 Å². The molecule has 0 aromatic heterocycles. The van der Waals surface area contributed by atoms with Gasteiger partial charge in [-0.2, -0.15) is 8.78 Å². The van der Waals surface area contributed by atoms with Gasteiger partial charge in [0.1, 0.15) is 6.61 Å². The van der Waals surface area contributed by atoms with Gasteiger partial charge in [-0.15, -0.1) is 6.58 Å². The number of ether oxygens (including phenoxy) is 3. The third-order valence-corrected chi connectivity index (χ3v) is 5.73. The summed E-state index contributed by atoms with van der Waals surface area (Å²) in [6, 6.07) is 4.86. The van der Waals surface area contributed by atoms with Gasteiger partial charge in [-0.25, -0.2) is 4.39 Å². The van der Waals surface area contributed by atoms with Gasteiger partial charge in [0.05, 0.1) is 12.7 Å². The van der Waals surface area contributed by atoms with E-state index in [9.17, 15) is 8.78 Å². The molecule has 2 unspecified atom stereocenters. The lowest BCUT2D eigenvalue weighted by Crippen LogP contribution is -2.30. The number of hydrogen-bond acceptors (Lipinski definition) is 3. The van der Waals surface area contributed by atoms with Crippen molar-refractivity contribution in [2.75, 3.05) is 13.2 Å². The maximum Gasteiger partial charge on any atom is 0.207 e. The predicted molar refractivity (Wildman–Crippen MR) is 108 cm³/mol. The molecule has 2 aliphatic rings. The molecule has 0 bridgehead atoms. The fourth-order valence-corrected chi connectivity index (χ4v) is 3.99. The summed E-state index contributed by atoms with van der Waals surface area (Å²) in [5, 5.41) is 0. The monoisotopic (exact) mass is 418 g/mol. The van der Waals surface area contributed by atoms with E-state index >= 15 is 4.39 Å². The van der Waals surface area contributed by atoms with Crippen LogP contribution in [0.5, 0.6) is 17.2 Å². The van der Waals surface area contributed by atoms with E-state index in [0.29, 0.717) is 42.1 Å². The second kappa shape index (κ2) is 8.72. The fraction of sp³-hybridized carbons (Fsp3) is 0.417. The molecule has 0 aliphatic carbocycles. The van der Waals surface area contributed by atoms with Gasteiger partial charge in [0, 0.05) is 23.5 Å². The Labute approximate surface area is 174 Å². The summed E-state index contributed by atoms with van der Waals surface area (Å²) >= 11 is 0. The normalized spacial score (nSPS) is 20.1. The number of halogens is 3. The maximum atomic E-state index is 15.0. The van der Waals surface area contributed by atoms with Gasteiger partial charge < -0.3 is 14.2 Å². The van der Waals surface area contributed by atoms with Crippen LogP contribution in [-0.2, 0) is 17.6 Å². The molecule has 0 spiro atoms. The molecular weight excluding hydrogens is 393 g/mol. The second-order valence-electron chi connectivity index (χ2n) is 7.89. The SMILES string of the molecule is C=CC1CCC(COc2ccc3c(c2F)Oc2c(cc(CCC)c(F)c2F)C3)OC1. The van der Waals surface area contributed by atoms with Crippen LogP contribution >= 0.6 is 0 Å². The Morgan fingerprint density at radius 2 is 1.90 bits per heavy atom. The van der Waals surface area contributed by atoms with E-state index in [-0.39, 0.29) is 36.4 Å². The first-order valence-electron chi connectivity index (χ1n) is 10.4. The molecule has 2 atom stereocenters. The first kappa shape index (κ1) is 20.8. The van der Waals surface area contributed by atoms with Crippen LogP contribution in [0.25, 0.3) is 0 Å². The molecule has 160 valence electrons. The average Bonchev–Trinajstić information content (AvgIpc) is 2.76. The highest BCUT2D eigenvalue weighted by molar-refractivity contribution is 5.54. The molecule has 30 heavy (non-hydrogen) atoms. The quantitative estimate of drug-likeness (QED) is 0.452. The minimum atomic E-state index is -1.07. The van der Waals surface area contributed by atoms with Crippen molar-refractivity contribution in [3.05, 3.63) is 65.0 Å². The van der Waals surface area contributed by atoms with E-state index in [4.69, 9.17) is 14.2 Å². The standard InChI is InChI=1S/C24H25F3O3/c1-3-5-15-10-17-11-16-7-9-19(29-13-18-8-6-14(4-2)12-28-18)21(26)23(16)30-24(17)22(27)20(15)25/h4,7,9-10,14,18H,2-3,5-6,8,11-13H2,1H3. The second-order valence-corrected chi connectivity index (χ2v) is 7.89. The van der Waals surface area contributed by atoms with Crippen molar-refractivity contribution < 1.29 is 27.4 Å². The van der Waals surface area contributed by atoms with E-state index in [1.54, 1.807) is 18.2 Å². The molecule has 6 heteroatoms. The smallest absolute Gasteiger partial charge is 0.207 e.